The first-order valence-corrected chi connectivity index (χ1v) is 7.01. The van der Waals surface area contributed by atoms with Gasteiger partial charge in [-0.1, -0.05) is 0 Å². The molecule has 1 N–H and O–H groups in total. The lowest BCUT2D eigenvalue weighted by Crippen LogP contribution is -2.27. The van der Waals surface area contributed by atoms with Crippen molar-refractivity contribution >= 4 is 17.3 Å². The average molecular weight is 378 g/mol. The molecule has 0 aliphatic rings. The molecule has 0 saturated heterocycles. The SMILES string of the molecule is Cc1nn(C(C)C(=O)Nc2c(F)c(F)c(F)c(F)c2F)c(C)c1[N+](=O)[O-]. The Bertz CT molecular complexity index is 899. The Morgan fingerprint density at radius 3 is 1.96 bits per heavy atom. The van der Waals surface area contributed by atoms with Gasteiger partial charge >= 0.3 is 5.69 Å². The van der Waals surface area contributed by atoms with Crippen LogP contribution >= 0.6 is 0 Å². The van der Waals surface area contributed by atoms with Crippen molar-refractivity contribution in [1.29, 1.82) is 0 Å². The lowest BCUT2D eigenvalue weighted by atomic mass is 10.2. The van der Waals surface area contributed by atoms with Gasteiger partial charge in [0, 0.05) is 0 Å². The molecule has 0 saturated carbocycles. The summed E-state index contributed by atoms with van der Waals surface area (Å²) < 4.78 is 67.6. The number of nitrogens with zero attached hydrogens (tertiary/aromatic N) is 3. The highest BCUT2D eigenvalue weighted by molar-refractivity contribution is 5.93. The molecule has 1 aromatic heterocycles. The molecule has 2 rings (SSSR count). The van der Waals surface area contributed by atoms with E-state index in [4.69, 9.17) is 0 Å². The van der Waals surface area contributed by atoms with Gasteiger partial charge in [-0.2, -0.15) is 5.10 Å². The van der Waals surface area contributed by atoms with E-state index in [9.17, 15) is 36.9 Å². The Hall–Kier alpha value is -3.05. The van der Waals surface area contributed by atoms with Gasteiger partial charge in [0.15, 0.2) is 23.3 Å². The summed E-state index contributed by atoms with van der Waals surface area (Å²) in [5.74, 6) is -12.4. The number of aromatic nitrogens is 2. The number of amides is 1. The zero-order valence-corrected chi connectivity index (χ0v) is 13.5. The molecule has 1 amide bonds. The van der Waals surface area contributed by atoms with Crippen LogP contribution in [-0.2, 0) is 4.79 Å². The van der Waals surface area contributed by atoms with Crippen molar-refractivity contribution in [2.75, 3.05) is 5.32 Å². The topological polar surface area (TPSA) is 90.1 Å². The Labute approximate surface area is 142 Å². The Morgan fingerprint density at radius 1 is 1.08 bits per heavy atom. The predicted octanol–water partition coefficient (Wildman–Crippen LogP) is 3.30. The van der Waals surface area contributed by atoms with Gasteiger partial charge < -0.3 is 5.32 Å². The van der Waals surface area contributed by atoms with Crippen molar-refractivity contribution < 1.29 is 31.7 Å². The van der Waals surface area contributed by atoms with Gasteiger partial charge in [0.25, 0.3) is 0 Å². The van der Waals surface area contributed by atoms with Crippen molar-refractivity contribution in [3.63, 3.8) is 0 Å². The summed E-state index contributed by atoms with van der Waals surface area (Å²) in [5, 5.41) is 16.4. The lowest BCUT2D eigenvalue weighted by Gasteiger charge is -2.15. The second-order valence-corrected chi connectivity index (χ2v) is 5.33. The Kier molecular flexibility index (Phi) is 4.96. The maximum atomic E-state index is 13.6. The molecule has 1 atom stereocenters. The third kappa shape index (κ3) is 2.97. The molecule has 140 valence electrons. The van der Waals surface area contributed by atoms with Gasteiger partial charge in [0.05, 0.1) is 4.92 Å². The number of benzene rings is 1. The number of rotatable bonds is 4. The molecule has 0 bridgehead atoms. The third-order valence-electron chi connectivity index (χ3n) is 3.67. The van der Waals surface area contributed by atoms with E-state index in [0.717, 1.165) is 4.68 Å². The summed E-state index contributed by atoms with van der Waals surface area (Å²) in [5.41, 5.74) is -1.91. The van der Waals surface area contributed by atoms with Gasteiger partial charge in [0.2, 0.25) is 11.7 Å². The van der Waals surface area contributed by atoms with E-state index in [0.29, 0.717) is 0 Å². The highest BCUT2D eigenvalue weighted by Gasteiger charge is 2.30. The second-order valence-electron chi connectivity index (χ2n) is 5.33. The van der Waals surface area contributed by atoms with Crippen LogP contribution in [-0.4, -0.2) is 20.6 Å². The largest absolute Gasteiger partial charge is 0.319 e. The van der Waals surface area contributed by atoms with E-state index in [2.05, 4.69) is 5.10 Å². The van der Waals surface area contributed by atoms with Crippen LogP contribution in [0, 0.1) is 53.0 Å². The van der Waals surface area contributed by atoms with Crippen LogP contribution in [0.4, 0.5) is 33.3 Å². The molecular formula is C14H11F5N4O3. The lowest BCUT2D eigenvalue weighted by molar-refractivity contribution is -0.386. The second kappa shape index (κ2) is 6.69. The Morgan fingerprint density at radius 2 is 1.54 bits per heavy atom. The smallest absolute Gasteiger partial charge is 0.312 e. The predicted molar refractivity (Wildman–Crippen MR) is 77.9 cm³/mol. The Balaban J connectivity index is 2.41. The van der Waals surface area contributed by atoms with Gasteiger partial charge in [-0.05, 0) is 20.8 Å². The highest BCUT2D eigenvalue weighted by atomic mass is 19.2. The van der Waals surface area contributed by atoms with Crippen molar-refractivity contribution in [2.24, 2.45) is 0 Å². The minimum atomic E-state index is -2.36. The number of hydrogen-bond donors (Lipinski definition) is 1. The molecule has 0 fully saturated rings. The van der Waals surface area contributed by atoms with Gasteiger partial charge in [-0.3, -0.25) is 19.6 Å². The number of halogens is 5. The summed E-state index contributed by atoms with van der Waals surface area (Å²) in [6.45, 7) is 3.79. The van der Waals surface area contributed by atoms with Crippen molar-refractivity contribution in [3.05, 3.63) is 50.6 Å². The third-order valence-corrected chi connectivity index (χ3v) is 3.67. The minimum Gasteiger partial charge on any atom is -0.319 e. The maximum absolute atomic E-state index is 13.6. The zero-order chi connectivity index (χ0) is 19.9. The molecule has 1 unspecified atom stereocenters. The van der Waals surface area contributed by atoms with Gasteiger partial charge in [-0.15, -0.1) is 0 Å². The quantitative estimate of drug-likeness (QED) is 0.291. The summed E-state index contributed by atoms with van der Waals surface area (Å²) in [4.78, 5) is 22.4. The zero-order valence-electron chi connectivity index (χ0n) is 13.5. The molecule has 1 aromatic carbocycles. The molecule has 7 nitrogen and oxygen atoms in total. The molecule has 0 spiro atoms. The molecule has 0 aliphatic carbocycles. The van der Waals surface area contributed by atoms with E-state index in [1.54, 1.807) is 5.32 Å². The summed E-state index contributed by atoms with van der Waals surface area (Å²) >= 11 is 0. The fraction of sp³-hybridized carbons (Fsp3) is 0.286. The number of anilines is 1. The number of aryl methyl sites for hydroxylation is 1. The molecule has 12 heteroatoms. The van der Waals surface area contributed by atoms with Crippen LogP contribution in [0.15, 0.2) is 0 Å². The summed E-state index contributed by atoms with van der Waals surface area (Å²) in [7, 11) is 0. The number of nitrogens with one attached hydrogen (secondary N) is 1. The first-order chi connectivity index (χ1) is 12.0. The average Bonchev–Trinajstić information content (AvgIpc) is 2.88. The molecule has 0 radical (unpaired) electrons. The van der Waals surface area contributed by atoms with Crippen molar-refractivity contribution in [3.8, 4) is 0 Å². The number of carbonyl (C=O) groups is 1. The number of nitro groups is 1. The molecule has 2 aromatic rings. The van der Waals surface area contributed by atoms with Crippen LogP contribution in [0.5, 0.6) is 0 Å². The van der Waals surface area contributed by atoms with E-state index >= 15 is 0 Å². The van der Waals surface area contributed by atoms with Crippen molar-refractivity contribution in [1.82, 2.24) is 9.78 Å². The highest BCUT2D eigenvalue weighted by Crippen LogP contribution is 2.29. The first kappa shape index (κ1) is 19.3. The van der Waals surface area contributed by atoms with Crippen LogP contribution in [0.2, 0.25) is 0 Å². The molecule has 1 heterocycles. The number of carbonyl (C=O) groups excluding carboxylic acids is 1. The molecule has 26 heavy (non-hydrogen) atoms. The maximum Gasteiger partial charge on any atom is 0.312 e. The fourth-order valence-electron chi connectivity index (χ4n) is 2.35. The molecular weight excluding hydrogens is 367 g/mol. The summed E-state index contributed by atoms with van der Waals surface area (Å²) in [6, 6.07) is -1.34. The minimum absolute atomic E-state index is 0.0108. The van der Waals surface area contributed by atoms with Crippen LogP contribution in [0.25, 0.3) is 0 Å². The van der Waals surface area contributed by atoms with E-state index < -0.39 is 51.6 Å². The first-order valence-electron chi connectivity index (χ1n) is 7.01. The normalized spacial score (nSPS) is 12.2. The van der Waals surface area contributed by atoms with E-state index in [1.807, 2.05) is 0 Å². The summed E-state index contributed by atoms with van der Waals surface area (Å²) in [6.07, 6.45) is 0. The van der Waals surface area contributed by atoms with Crippen LogP contribution < -0.4 is 5.32 Å². The standard InChI is InChI=1S/C14H11F5N4O3/c1-4-13(23(25)26)5(2)22(21-4)6(3)14(24)20-12-10(18)8(16)7(15)9(17)11(12)19/h6H,1-3H3,(H,20,24). The van der Waals surface area contributed by atoms with Crippen LogP contribution in [0.3, 0.4) is 0 Å². The van der Waals surface area contributed by atoms with Gasteiger partial charge in [-0.25, -0.2) is 22.0 Å². The van der Waals surface area contributed by atoms with Gasteiger partial charge in [0.1, 0.15) is 23.1 Å². The monoisotopic (exact) mass is 378 g/mol. The van der Waals surface area contributed by atoms with E-state index in [1.165, 1.54) is 20.8 Å². The number of hydrogen-bond acceptors (Lipinski definition) is 4. The molecule has 0 aliphatic heterocycles. The van der Waals surface area contributed by atoms with Crippen LogP contribution in [0.1, 0.15) is 24.4 Å². The van der Waals surface area contributed by atoms with Crippen molar-refractivity contribution in [2.45, 2.75) is 26.8 Å². The fourth-order valence-corrected chi connectivity index (χ4v) is 2.35. The van der Waals surface area contributed by atoms with E-state index in [-0.39, 0.29) is 17.1 Å².